The van der Waals surface area contributed by atoms with E-state index in [4.69, 9.17) is 9.84 Å². The molecule has 1 amide bonds. The van der Waals surface area contributed by atoms with Crippen LogP contribution in [0.3, 0.4) is 0 Å². The molecule has 0 saturated heterocycles. The van der Waals surface area contributed by atoms with Crippen LogP contribution in [0.4, 0.5) is 0 Å². The molecule has 17 heavy (non-hydrogen) atoms. The fourth-order valence-corrected chi connectivity index (χ4v) is 1.34. The van der Waals surface area contributed by atoms with Crippen molar-refractivity contribution < 1.29 is 14.6 Å². The van der Waals surface area contributed by atoms with E-state index in [1.54, 1.807) is 36.2 Å². The lowest BCUT2D eigenvalue weighted by Crippen LogP contribution is -2.26. The Bertz CT molecular complexity index is 365. The van der Waals surface area contributed by atoms with Crippen molar-refractivity contribution in [3.05, 3.63) is 29.8 Å². The molecular weight excluding hydrogens is 218 g/mol. The highest BCUT2D eigenvalue weighted by molar-refractivity contribution is 5.94. The molecule has 0 fully saturated rings. The number of ether oxygens (including phenoxy) is 1. The molecule has 0 spiro atoms. The van der Waals surface area contributed by atoms with E-state index in [0.29, 0.717) is 30.9 Å². The van der Waals surface area contributed by atoms with Crippen LogP contribution in [0.1, 0.15) is 23.7 Å². The van der Waals surface area contributed by atoms with Gasteiger partial charge in [-0.15, -0.1) is 0 Å². The molecule has 0 radical (unpaired) electrons. The molecule has 4 nitrogen and oxygen atoms in total. The monoisotopic (exact) mass is 237 g/mol. The predicted octanol–water partition coefficient (Wildman–Crippen LogP) is 1.54. The second-order valence-corrected chi connectivity index (χ2v) is 3.77. The van der Waals surface area contributed by atoms with Gasteiger partial charge in [0.2, 0.25) is 0 Å². The third-order valence-electron chi connectivity index (χ3n) is 2.47. The van der Waals surface area contributed by atoms with E-state index in [9.17, 15) is 4.79 Å². The number of nitrogens with zero attached hydrogens (tertiary/aromatic N) is 1. The summed E-state index contributed by atoms with van der Waals surface area (Å²) in [7, 11) is 1.77. The lowest BCUT2D eigenvalue weighted by Gasteiger charge is -2.15. The second-order valence-electron chi connectivity index (χ2n) is 3.77. The van der Waals surface area contributed by atoms with E-state index in [2.05, 4.69) is 0 Å². The van der Waals surface area contributed by atoms with Gasteiger partial charge in [-0.3, -0.25) is 4.79 Å². The van der Waals surface area contributed by atoms with Crippen LogP contribution in [-0.2, 0) is 0 Å². The molecule has 0 atom stereocenters. The van der Waals surface area contributed by atoms with Crippen LogP contribution in [0, 0.1) is 0 Å². The lowest BCUT2D eigenvalue weighted by atomic mass is 10.2. The highest BCUT2D eigenvalue weighted by atomic mass is 16.5. The number of carbonyl (C=O) groups excluding carboxylic acids is 1. The average Bonchev–Trinajstić information content (AvgIpc) is 2.37. The normalized spacial score (nSPS) is 10.1. The summed E-state index contributed by atoms with van der Waals surface area (Å²) in [6, 6.07) is 7.10. The molecule has 0 heterocycles. The van der Waals surface area contributed by atoms with Crippen LogP contribution in [0.2, 0.25) is 0 Å². The first-order chi connectivity index (χ1) is 8.19. The molecule has 0 aliphatic rings. The maximum atomic E-state index is 11.9. The average molecular weight is 237 g/mol. The Balaban J connectivity index is 2.68. The van der Waals surface area contributed by atoms with E-state index in [-0.39, 0.29) is 12.5 Å². The Morgan fingerprint density at radius 2 is 2.24 bits per heavy atom. The SMILES string of the molecule is CCN(C)C(=O)c1cccc(OCCCO)c1. The van der Waals surface area contributed by atoms with Crippen LogP contribution in [-0.4, -0.2) is 42.7 Å². The van der Waals surface area contributed by atoms with E-state index >= 15 is 0 Å². The number of aliphatic hydroxyl groups excluding tert-OH is 1. The summed E-state index contributed by atoms with van der Waals surface area (Å²) in [6.07, 6.45) is 0.590. The smallest absolute Gasteiger partial charge is 0.253 e. The van der Waals surface area contributed by atoms with Gasteiger partial charge >= 0.3 is 0 Å². The summed E-state index contributed by atoms with van der Waals surface area (Å²) >= 11 is 0. The Labute approximate surface area is 102 Å². The van der Waals surface area contributed by atoms with Crippen molar-refractivity contribution in [2.24, 2.45) is 0 Å². The minimum Gasteiger partial charge on any atom is -0.493 e. The number of benzene rings is 1. The molecule has 0 bridgehead atoms. The van der Waals surface area contributed by atoms with Crippen molar-refractivity contribution in [3.63, 3.8) is 0 Å². The van der Waals surface area contributed by atoms with Gasteiger partial charge in [0, 0.05) is 32.2 Å². The fourth-order valence-electron chi connectivity index (χ4n) is 1.34. The Hall–Kier alpha value is -1.55. The number of hydrogen-bond acceptors (Lipinski definition) is 3. The van der Waals surface area contributed by atoms with Crippen molar-refractivity contribution >= 4 is 5.91 Å². The Morgan fingerprint density at radius 3 is 2.88 bits per heavy atom. The molecule has 0 aromatic heterocycles. The van der Waals surface area contributed by atoms with E-state index in [1.807, 2.05) is 6.92 Å². The third-order valence-corrected chi connectivity index (χ3v) is 2.47. The largest absolute Gasteiger partial charge is 0.493 e. The van der Waals surface area contributed by atoms with Crippen LogP contribution in [0.25, 0.3) is 0 Å². The highest BCUT2D eigenvalue weighted by Crippen LogP contribution is 2.14. The number of rotatable bonds is 6. The second kappa shape index (κ2) is 6.91. The number of amides is 1. The van der Waals surface area contributed by atoms with Gasteiger partial charge in [0.15, 0.2) is 0 Å². The third kappa shape index (κ3) is 4.07. The van der Waals surface area contributed by atoms with Gasteiger partial charge in [0.25, 0.3) is 5.91 Å². The summed E-state index contributed by atoms with van der Waals surface area (Å²) in [6.45, 7) is 3.17. The quantitative estimate of drug-likeness (QED) is 0.763. The van der Waals surface area contributed by atoms with Gasteiger partial charge in [0.05, 0.1) is 6.61 Å². The molecule has 1 rings (SSSR count). The van der Waals surface area contributed by atoms with E-state index in [1.165, 1.54) is 0 Å². The summed E-state index contributed by atoms with van der Waals surface area (Å²) in [4.78, 5) is 13.5. The maximum Gasteiger partial charge on any atom is 0.253 e. The summed E-state index contributed by atoms with van der Waals surface area (Å²) < 4.78 is 5.42. The minimum absolute atomic E-state index is 0.0138. The molecular formula is C13H19NO3. The summed E-state index contributed by atoms with van der Waals surface area (Å²) in [5.74, 6) is 0.647. The van der Waals surface area contributed by atoms with Crippen molar-refractivity contribution in [1.29, 1.82) is 0 Å². The first-order valence-corrected chi connectivity index (χ1v) is 5.78. The van der Waals surface area contributed by atoms with Crippen LogP contribution < -0.4 is 4.74 Å². The van der Waals surface area contributed by atoms with Gasteiger partial charge in [-0.05, 0) is 25.1 Å². The zero-order chi connectivity index (χ0) is 12.7. The van der Waals surface area contributed by atoms with Gasteiger partial charge in [-0.25, -0.2) is 0 Å². The van der Waals surface area contributed by atoms with Gasteiger partial charge in [-0.2, -0.15) is 0 Å². The summed E-state index contributed by atoms with van der Waals surface area (Å²) in [5.41, 5.74) is 0.621. The van der Waals surface area contributed by atoms with Crippen molar-refractivity contribution in [3.8, 4) is 5.75 Å². The molecule has 0 saturated carbocycles. The molecule has 0 aliphatic carbocycles. The molecule has 1 aromatic rings. The molecule has 1 N–H and O–H groups in total. The number of carbonyl (C=O) groups is 1. The molecule has 4 heteroatoms. The zero-order valence-electron chi connectivity index (χ0n) is 10.3. The molecule has 1 aromatic carbocycles. The molecule has 94 valence electrons. The molecule has 0 unspecified atom stereocenters. The lowest BCUT2D eigenvalue weighted by molar-refractivity contribution is 0.0802. The Morgan fingerprint density at radius 1 is 1.47 bits per heavy atom. The first kappa shape index (κ1) is 13.5. The Kier molecular flexibility index (Phi) is 5.49. The topological polar surface area (TPSA) is 49.8 Å². The van der Waals surface area contributed by atoms with Crippen molar-refractivity contribution in [1.82, 2.24) is 4.90 Å². The van der Waals surface area contributed by atoms with Crippen LogP contribution in [0.5, 0.6) is 5.75 Å². The predicted molar refractivity (Wildman–Crippen MR) is 66.3 cm³/mol. The molecule has 0 aliphatic heterocycles. The van der Waals surface area contributed by atoms with E-state index in [0.717, 1.165) is 0 Å². The maximum absolute atomic E-state index is 11.9. The first-order valence-electron chi connectivity index (χ1n) is 5.78. The number of hydrogen-bond donors (Lipinski definition) is 1. The highest BCUT2D eigenvalue weighted by Gasteiger charge is 2.10. The fraction of sp³-hybridized carbons (Fsp3) is 0.462. The van der Waals surface area contributed by atoms with Gasteiger partial charge < -0.3 is 14.7 Å². The summed E-state index contributed by atoms with van der Waals surface area (Å²) in [5, 5.41) is 8.65. The van der Waals surface area contributed by atoms with Crippen LogP contribution >= 0.6 is 0 Å². The minimum atomic E-state index is -0.0138. The standard InChI is InChI=1S/C13H19NO3/c1-3-14(2)13(16)11-6-4-7-12(10-11)17-9-5-8-15/h4,6-7,10,15H,3,5,8-9H2,1-2H3. The van der Waals surface area contributed by atoms with E-state index < -0.39 is 0 Å². The zero-order valence-corrected chi connectivity index (χ0v) is 10.3. The van der Waals surface area contributed by atoms with Gasteiger partial charge in [-0.1, -0.05) is 6.07 Å². The number of aliphatic hydroxyl groups is 1. The van der Waals surface area contributed by atoms with Crippen LogP contribution in [0.15, 0.2) is 24.3 Å². The van der Waals surface area contributed by atoms with Gasteiger partial charge in [0.1, 0.15) is 5.75 Å². The van der Waals surface area contributed by atoms with Crippen molar-refractivity contribution in [2.75, 3.05) is 26.8 Å². The van der Waals surface area contributed by atoms with Crippen molar-refractivity contribution in [2.45, 2.75) is 13.3 Å².